The lowest BCUT2D eigenvalue weighted by molar-refractivity contribution is -0.117. The Bertz CT molecular complexity index is 1080. The van der Waals surface area contributed by atoms with Crippen molar-refractivity contribution in [3.8, 4) is 0 Å². The average molecular weight is 426 g/mol. The number of aromatic nitrogens is 4. The van der Waals surface area contributed by atoms with E-state index in [9.17, 15) is 4.79 Å². The zero-order valence-electron chi connectivity index (χ0n) is 18.0. The van der Waals surface area contributed by atoms with Crippen molar-refractivity contribution in [1.29, 1.82) is 0 Å². The fraction of sp³-hybridized carbons (Fsp3) is 0.478. The molecule has 0 bridgehead atoms. The molecule has 0 amide bonds. The molecule has 0 N–H and O–H groups in total. The first-order valence-electron chi connectivity index (χ1n) is 10.4. The summed E-state index contributed by atoms with van der Waals surface area (Å²) < 4.78 is 2.06. The number of hydrogen-bond donors (Lipinski definition) is 0. The van der Waals surface area contributed by atoms with Crippen molar-refractivity contribution >= 4 is 34.4 Å². The molecule has 1 aliphatic heterocycles. The maximum atomic E-state index is 11.6. The lowest BCUT2D eigenvalue weighted by Crippen LogP contribution is -2.25. The Kier molecular flexibility index (Phi) is 5.53. The molecule has 0 radical (unpaired) electrons. The second-order valence-electron chi connectivity index (χ2n) is 9.30. The molecule has 4 rings (SSSR count). The largest absolute Gasteiger partial charge is 0.354 e. The Labute approximate surface area is 182 Å². The first-order chi connectivity index (χ1) is 14.2. The van der Waals surface area contributed by atoms with Gasteiger partial charge in [-0.25, -0.2) is 15.0 Å². The van der Waals surface area contributed by atoms with Gasteiger partial charge in [-0.15, -0.1) is 0 Å². The van der Waals surface area contributed by atoms with Crippen LogP contribution >= 0.6 is 11.6 Å². The van der Waals surface area contributed by atoms with Crippen LogP contribution in [0.2, 0.25) is 5.02 Å². The van der Waals surface area contributed by atoms with E-state index in [1.165, 1.54) is 0 Å². The van der Waals surface area contributed by atoms with Crippen LogP contribution in [-0.4, -0.2) is 38.4 Å². The number of carbonyl (C=O) groups is 1. The van der Waals surface area contributed by atoms with Gasteiger partial charge in [-0.05, 0) is 37.0 Å². The monoisotopic (exact) mass is 425 g/mol. The predicted molar refractivity (Wildman–Crippen MR) is 120 cm³/mol. The van der Waals surface area contributed by atoms with E-state index in [-0.39, 0.29) is 11.2 Å². The molecular weight excluding hydrogens is 398 g/mol. The molecule has 6 nitrogen and oxygen atoms in total. The van der Waals surface area contributed by atoms with Gasteiger partial charge in [0.25, 0.3) is 0 Å². The molecule has 0 unspecified atom stereocenters. The quantitative estimate of drug-likeness (QED) is 0.596. The van der Waals surface area contributed by atoms with E-state index in [0.29, 0.717) is 18.9 Å². The number of halogens is 1. The number of nitrogens with zero attached hydrogens (tertiary/aromatic N) is 5. The van der Waals surface area contributed by atoms with E-state index in [0.717, 1.165) is 52.9 Å². The Hall–Kier alpha value is -2.47. The van der Waals surface area contributed by atoms with Crippen molar-refractivity contribution in [3.63, 3.8) is 0 Å². The van der Waals surface area contributed by atoms with E-state index in [2.05, 4.69) is 41.3 Å². The lowest BCUT2D eigenvalue weighted by Gasteiger charge is -2.22. The molecule has 1 aromatic carbocycles. The average Bonchev–Trinajstić information content (AvgIpc) is 3.27. The van der Waals surface area contributed by atoms with Crippen molar-refractivity contribution in [3.05, 3.63) is 47.0 Å². The number of benzene rings is 1. The molecule has 0 saturated carbocycles. The summed E-state index contributed by atoms with van der Waals surface area (Å²) in [5.74, 6) is 2.30. The van der Waals surface area contributed by atoms with Crippen LogP contribution in [0.3, 0.4) is 0 Å². The molecule has 158 valence electrons. The van der Waals surface area contributed by atoms with Crippen LogP contribution in [0, 0.1) is 5.92 Å². The van der Waals surface area contributed by atoms with Crippen LogP contribution in [0.15, 0.2) is 30.6 Å². The van der Waals surface area contributed by atoms with Gasteiger partial charge < -0.3 is 14.3 Å². The van der Waals surface area contributed by atoms with Crippen LogP contribution < -0.4 is 4.90 Å². The van der Waals surface area contributed by atoms with Crippen LogP contribution in [-0.2, 0) is 16.8 Å². The highest BCUT2D eigenvalue weighted by atomic mass is 35.5. The van der Waals surface area contributed by atoms with Gasteiger partial charge in [-0.1, -0.05) is 44.5 Å². The summed E-state index contributed by atoms with van der Waals surface area (Å²) >= 11 is 6.17. The lowest BCUT2D eigenvalue weighted by atomic mass is 9.96. The van der Waals surface area contributed by atoms with Crippen molar-refractivity contribution < 1.29 is 4.79 Å². The minimum Gasteiger partial charge on any atom is -0.354 e. The number of ketones is 1. The first kappa shape index (κ1) is 20.8. The van der Waals surface area contributed by atoms with Gasteiger partial charge in [-0.3, -0.25) is 0 Å². The van der Waals surface area contributed by atoms with Crippen LogP contribution in [0.1, 0.15) is 51.9 Å². The number of hydrogen-bond acceptors (Lipinski definition) is 5. The molecule has 1 fully saturated rings. The molecule has 2 aromatic heterocycles. The highest BCUT2D eigenvalue weighted by Crippen LogP contribution is 2.32. The summed E-state index contributed by atoms with van der Waals surface area (Å²) in [6.45, 7) is 10.4. The van der Waals surface area contributed by atoms with Crippen LogP contribution in [0.5, 0.6) is 0 Å². The van der Waals surface area contributed by atoms with Crippen LogP contribution in [0.25, 0.3) is 11.2 Å². The molecular formula is C23H28ClN5O. The smallest absolute Gasteiger partial charge is 0.166 e. The molecule has 0 spiro atoms. The van der Waals surface area contributed by atoms with Gasteiger partial charge in [0.1, 0.15) is 11.6 Å². The fourth-order valence-corrected chi connectivity index (χ4v) is 4.24. The number of Topliss-reactive ketones (excluding diaryl/α,β-unsaturated/α-hetero) is 1. The summed E-state index contributed by atoms with van der Waals surface area (Å²) in [5, 5.41) is 0.719. The zero-order chi connectivity index (χ0) is 21.5. The third kappa shape index (κ3) is 4.33. The van der Waals surface area contributed by atoms with Crippen LogP contribution in [0.4, 0.5) is 5.82 Å². The number of fused-ring (bicyclic) bond motifs is 1. The van der Waals surface area contributed by atoms with E-state index < -0.39 is 0 Å². The highest BCUT2D eigenvalue weighted by Gasteiger charge is 2.29. The van der Waals surface area contributed by atoms with E-state index in [1.54, 1.807) is 6.92 Å². The number of carbonyl (C=O) groups excluding carboxylic acids is 1. The topological polar surface area (TPSA) is 63.9 Å². The molecule has 3 aromatic rings. The minimum absolute atomic E-state index is 0.188. The number of rotatable bonds is 5. The van der Waals surface area contributed by atoms with Gasteiger partial charge >= 0.3 is 0 Å². The zero-order valence-corrected chi connectivity index (χ0v) is 18.8. The Balaban J connectivity index is 1.75. The summed E-state index contributed by atoms with van der Waals surface area (Å²) in [5.41, 5.74) is 2.56. The molecule has 1 aliphatic rings. The maximum Gasteiger partial charge on any atom is 0.166 e. The van der Waals surface area contributed by atoms with E-state index >= 15 is 0 Å². The maximum absolute atomic E-state index is 11.6. The van der Waals surface area contributed by atoms with Gasteiger partial charge in [0.2, 0.25) is 0 Å². The first-order valence-corrected chi connectivity index (χ1v) is 10.8. The summed E-state index contributed by atoms with van der Waals surface area (Å²) in [6.07, 6.45) is 3.46. The van der Waals surface area contributed by atoms with Gasteiger partial charge in [-0.2, -0.15) is 0 Å². The Morgan fingerprint density at radius 2 is 2.07 bits per heavy atom. The molecule has 3 heterocycles. The van der Waals surface area contributed by atoms with E-state index in [4.69, 9.17) is 21.6 Å². The third-order valence-corrected chi connectivity index (χ3v) is 5.75. The standard InChI is InChI=1S/C23H28ClN5O/c1-15(30)10-17-8-9-28(12-17)20-19-21(27-22(26-20)23(2,3)4)29(14-25-19)13-16-6-5-7-18(24)11-16/h5-7,11,14,17H,8-10,12-13H2,1-4H3/t17-/m1/s1. The second-order valence-corrected chi connectivity index (χ2v) is 9.74. The number of imidazole rings is 1. The Morgan fingerprint density at radius 1 is 1.27 bits per heavy atom. The molecule has 1 atom stereocenters. The van der Waals surface area contributed by atoms with Crippen molar-refractivity contribution in [2.24, 2.45) is 5.92 Å². The molecule has 0 aliphatic carbocycles. The SMILES string of the molecule is CC(=O)C[C@H]1CCN(c2nc(C(C)(C)C)nc3c2ncn3Cc2cccc(Cl)c2)C1. The number of anilines is 1. The third-order valence-electron chi connectivity index (χ3n) is 5.52. The fourth-order valence-electron chi connectivity index (χ4n) is 4.03. The second kappa shape index (κ2) is 7.99. The minimum atomic E-state index is -0.188. The molecule has 7 heteroatoms. The van der Waals surface area contributed by atoms with Gasteiger partial charge in [0.05, 0.1) is 12.9 Å². The van der Waals surface area contributed by atoms with Crippen molar-refractivity contribution in [2.75, 3.05) is 18.0 Å². The Morgan fingerprint density at radius 3 is 2.77 bits per heavy atom. The molecule has 1 saturated heterocycles. The van der Waals surface area contributed by atoms with E-state index in [1.807, 2.05) is 24.5 Å². The predicted octanol–water partition coefficient (Wildman–Crippen LogP) is 4.63. The summed E-state index contributed by atoms with van der Waals surface area (Å²) in [6, 6.07) is 7.85. The highest BCUT2D eigenvalue weighted by molar-refractivity contribution is 6.30. The van der Waals surface area contributed by atoms with Crippen molar-refractivity contribution in [1.82, 2.24) is 19.5 Å². The normalized spacial score (nSPS) is 17.1. The van der Waals surface area contributed by atoms with Crippen molar-refractivity contribution in [2.45, 2.75) is 52.5 Å². The molecule has 30 heavy (non-hydrogen) atoms. The van der Waals surface area contributed by atoms with Gasteiger partial charge in [0, 0.05) is 29.9 Å². The summed E-state index contributed by atoms with van der Waals surface area (Å²) in [7, 11) is 0. The van der Waals surface area contributed by atoms with Gasteiger partial charge in [0.15, 0.2) is 17.0 Å². The summed E-state index contributed by atoms with van der Waals surface area (Å²) in [4.78, 5) is 28.4.